The van der Waals surface area contributed by atoms with E-state index in [9.17, 15) is 4.79 Å². The first-order chi connectivity index (χ1) is 12.8. The van der Waals surface area contributed by atoms with Gasteiger partial charge >= 0.3 is 5.97 Å². The summed E-state index contributed by atoms with van der Waals surface area (Å²) in [6.07, 6.45) is 16.7. The number of carbonyl (C=O) groups excluding carboxylic acids is 1. The van der Waals surface area contributed by atoms with Crippen molar-refractivity contribution in [3.63, 3.8) is 0 Å². The summed E-state index contributed by atoms with van der Waals surface area (Å²) in [6, 6.07) is 8.76. The third-order valence-corrected chi connectivity index (χ3v) is 5.93. The van der Waals surface area contributed by atoms with Gasteiger partial charge in [-0.05, 0) is 69.7 Å². The fraction of sp³-hybridized carbons (Fsp3) is 0.292. The molecule has 26 heavy (non-hydrogen) atoms. The van der Waals surface area contributed by atoms with Gasteiger partial charge in [0.25, 0.3) is 0 Å². The van der Waals surface area contributed by atoms with Crippen molar-refractivity contribution in [3.8, 4) is 0 Å². The Morgan fingerprint density at radius 1 is 1.04 bits per heavy atom. The Balaban J connectivity index is 1.43. The summed E-state index contributed by atoms with van der Waals surface area (Å²) >= 11 is 0. The van der Waals surface area contributed by atoms with Crippen molar-refractivity contribution in [1.82, 2.24) is 0 Å². The highest BCUT2D eigenvalue weighted by molar-refractivity contribution is 5.96. The number of allylic oxidation sites excluding steroid dienone is 3. The summed E-state index contributed by atoms with van der Waals surface area (Å²) in [5.74, 6) is 1.14. The lowest BCUT2D eigenvalue weighted by Crippen LogP contribution is -2.17. The van der Waals surface area contributed by atoms with Crippen molar-refractivity contribution < 1.29 is 9.53 Å². The summed E-state index contributed by atoms with van der Waals surface area (Å²) < 4.78 is 5.65. The Hall–Kier alpha value is -2.61. The predicted molar refractivity (Wildman–Crippen MR) is 106 cm³/mol. The van der Waals surface area contributed by atoms with E-state index in [1.807, 2.05) is 12.2 Å². The molecule has 0 radical (unpaired) electrons. The molecule has 2 aromatic rings. The zero-order valence-electron chi connectivity index (χ0n) is 14.8. The van der Waals surface area contributed by atoms with Crippen LogP contribution in [0.2, 0.25) is 0 Å². The Morgan fingerprint density at radius 2 is 1.85 bits per heavy atom. The molecule has 0 atom stereocenters. The lowest BCUT2D eigenvalue weighted by atomic mass is 9.93. The molecular formula is C24H22O2. The van der Waals surface area contributed by atoms with E-state index in [1.165, 1.54) is 52.8 Å². The Labute approximate surface area is 153 Å². The zero-order valence-corrected chi connectivity index (χ0v) is 14.8. The van der Waals surface area contributed by atoms with Gasteiger partial charge in [-0.25, -0.2) is 0 Å². The smallest absolute Gasteiger partial charge is 0.311 e. The number of fused-ring (bicyclic) bond motifs is 5. The largest absolute Gasteiger partial charge is 0.427 e. The number of carbonyl (C=O) groups is 1. The highest BCUT2D eigenvalue weighted by atomic mass is 16.5. The maximum Gasteiger partial charge on any atom is 0.311 e. The summed E-state index contributed by atoms with van der Waals surface area (Å²) in [5.41, 5.74) is 2.63. The Morgan fingerprint density at radius 3 is 2.73 bits per heavy atom. The van der Waals surface area contributed by atoms with E-state index in [0.717, 1.165) is 11.6 Å². The van der Waals surface area contributed by atoms with Crippen molar-refractivity contribution in [2.24, 2.45) is 5.92 Å². The van der Waals surface area contributed by atoms with E-state index in [-0.39, 0.29) is 5.97 Å². The minimum absolute atomic E-state index is 0.0814. The van der Waals surface area contributed by atoms with Crippen LogP contribution in [0.15, 0.2) is 42.2 Å². The molecule has 2 heteroatoms. The van der Waals surface area contributed by atoms with Crippen molar-refractivity contribution in [3.05, 3.63) is 63.7 Å². The van der Waals surface area contributed by atoms with E-state index in [2.05, 4.69) is 42.5 Å². The van der Waals surface area contributed by atoms with Gasteiger partial charge in [0.1, 0.15) is 5.76 Å². The molecule has 0 spiro atoms. The minimum Gasteiger partial charge on any atom is -0.427 e. The third kappa shape index (κ3) is 2.70. The quantitative estimate of drug-likeness (QED) is 0.789. The molecule has 1 fully saturated rings. The first-order valence-electron chi connectivity index (χ1n) is 9.63. The van der Waals surface area contributed by atoms with Crippen LogP contribution in [0.3, 0.4) is 0 Å². The monoisotopic (exact) mass is 342 g/mol. The van der Waals surface area contributed by atoms with E-state index < -0.39 is 0 Å². The predicted octanol–water partition coefficient (Wildman–Crippen LogP) is 3.99. The van der Waals surface area contributed by atoms with Crippen LogP contribution < -0.4 is 10.4 Å². The summed E-state index contributed by atoms with van der Waals surface area (Å²) in [5, 5.41) is 5.05. The first-order valence-corrected chi connectivity index (χ1v) is 9.63. The van der Waals surface area contributed by atoms with Gasteiger partial charge in [-0.1, -0.05) is 55.3 Å². The number of hydrogen-bond donors (Lipinski definition) is 0. The SMILES string of the molecule is O=C(CC1CCCC1)OC1=CCc2c(ccc3c4c(ccc23)=CC=C4)=C1. The van der Waals surface area contributed by atoms with Crippen LogP contribution in [0, 0.1) is 5.92 Å². The van der Waals surface area contributed by atoms with E-state index in [4.69, 9.17) is 4.74 Å². The van der Waals surface area contributed by atoms with E-state index >= 15 is 0 Å². The fourth-order valence-electron chi connectivity index (χ4n) is 4.58. The van der Waals surface area contributed by atoms with Gasteiger partial charge in [0.2, 0.25) is 0 Å². The highest BCUT2D eigenvalue weighted by Crippen LogP contribution is 2.28. The number of hydrogen-bond acceptors (Lipinski definition) is 2. The molecule has 0 aromatic heterocycles. The summed E-state index contributed by atoms with van der Waals surface area (Å²) in [7, 11) is 0. The van der Waals surface area contributed by atoms with Crippen molar-refractivity contribution >= 4 is 35.0 Å². The topological polar surface area (TPSA) is 26.3 Å². The van der Waals surface area contributed by atoms with Crippen LogP contribution in [0.1, 0.15) is 43.2 Å². The van der Waals surface area contributed by atoms with E-state index in [0.29, 0.717) is 18.1 Å². The molecule has 1 saturated carbocycles. The second-order valence-electron chi connectivity index (χ2n) is 7.61. The van der Waals surface area contributed by atoms with Crippen molar-refractivity contribution in [2.45, 2.75) is 38.5 Å². The number of benzene rings is 2. The van der Waals surface area contributed by atoms with E-state index in [1.54, 1.807) is 0 Å². The van der Waals surface area contributed by atoms with Gasteiger partial charge in [0.05, 0.1) is 0 Å². The van der Waals surface area contributed by atoms with Crippen LogP contribution in [0.25, 0.3) is 29.0 Å². The van der Waals surface area contributed by atoms with Gasteiger partial charge in [-0.2, -0.15) is 0 Å². The third-order valence-electron chi connectivity index (χ3n) is 5.93. The minimum atomic E-state index is -0.0814. The molecule has 0 aliphatic heterocycles. The van der Waals surface area contributed by atoms with Gasteiger partial charge < -0.3 is 4.74 Å². The summed E-state index contributed by atoms with van der Waals surface area (Å²) in [4.78, 5) is 12.2. The molecule has 3 aliphatic carbocycles. The molecule has 0 unspecified atom stereocenters. The molecule has 0 amide bonds. The van der Waals surface area contributed by atoms with Crippen LogP contribution >= 0.6 is 0 Å². The molecule has 0 N–H and O–H groups in total. The average Bonchev–Trinajstić information content (AvgIpc) is 3.32. The molecule has 0 heterocycles. The second-order valence-corrected chi connectivity index (χ2v) is 7.61. The molecule has 2 aromatic carbocycles. The normalized spacial score (nSPS) is 18.1. The number of esters is 1. The average molecular weight is 342 g/mol. The van der Waals surface area contributed by atoms with Crippen LogP contribution in [0.5, 0.6) is 0 Å². The highest BCUT2D eigenvalue weighted by Gasteiger charge is 2.20. The van der Waals surface area contributed by atoms with Crippen LogP contribution in [0.4, 0.5) is 0 Å². The van der Waals surface area contributed by atoms with Gasteiger partial charge in [-0.15, -0.1) is 0 Å². The first kappa shape index (κ1) is 15.6. The lowest BCUT2D eigenvalue weighted by Gasteiger charge is -2.15. The Bertz CT molecular complexity index is 1080. The summed E-state index contributed by atoms with van der Waals surface area (Å²) in [6.45, 7) is 0. The molecule has 3 aliphatic rings. The molecule has 0 bridgehead atoms. The lowest BCUT2D eigenvalue weighted by molar-refractivity contribution is -0.139. The van der Waals surface area contributed by atoms with Crippen LogP contribution in [-0.2, 0) is 16.0 Å². The Kier molecular flexibility index (Phi) is 3.77. The molecular weight excluding hydrogens is 320 g/mol. The maximum atomic E-state index is 12.2. The second kappa shape index (κ2) is 6.28. The van der Waals surface area contributed by atoms with Crippen molar-refractivity contribution in [2.75, 3.05) is 0 Å². The van der Waals surface area contributed by atoms with Gasteiger partial charge in [-0.3, -0.25) is 4.79 Å². The zero-order chi connectivity index (χ0) is 17.5. The van der Waals surface area contributed by atoms with Gasteiger partial charge in [0, 0.05) is 6.42 Å². The van der Waals surface area contributed by atoms with Gasteiger partial charge in [0.15, 0.2) is 0 Å². The van der Waals surface area contributed by atoms with Crippen molar-refractivity contribution in [1.29, 1.82) is 0 Å². The van der Waals surface area contributed by atoms with Crippen LogP contribution in [-0.4, -0.2) is 5.97 Å². The number of ether oxygens (including phenoxy) is 1. The molecule has 5 rings (SSSR count). The number of rotatable bonds is 3. The molecule has 0 saturated heterocycles. The standard InChI is InChI=1S/C24H22O2/c25-24(14-16-4-1-2-5-16)26-19-10-13-21-18(15-19)9-12-22-20-7-3-6-17(20)8-11-23(21)22/h3,6-12,15-16H,1-2,4-5,13-14H2. The molecule has 2 nitrogen and oxygen atoms in total. The fourth-order valence-corrected chi connectivity index (χ4v) is 4.58. The maximum absolute atomic E-state index is 12.2. The molecule has 130 valence electrons.